The van der Waals surface area contributed by atoms with E-state index in [2.05, 4.69) is 35.6 Å². The molecule has 0 fully saturated rings. The van der Waals surface area contributed by atoms with E-state index in [1.165, 1.54) is 11.1 Å². The third kappa shape index (κ3) is 4.20. The molecule has 0 atom stereocenters. The van der Waals surface area contributed by atoms with Crippen molar-refractivity contribution >= 4 is 11.6 Å². The van der Waals surface area contributed by atoms with E-state index in [9.17, 15) is 4.79 Å². The van der Waals surface area contributed by atoms with Crippen molar-refractivity contribution in [1.82, 2.24) is 9.55 Å². The molecule has 26 heavy (non-hydrogen) atoms. The van der Waals surface area contributed by atoms with Gasteiger partial charge in [0.2, 0.25) is 0 Å². The summed E-state index contributed by atoms with van der Waals surface area (Å²) >= 11 is 0. The molecule has 0 aliphatic heterocycles. The Kier molecular flexibility index (Phi) is 4.94. The molecule has 1 aromatic heterocycles. The Morgan fingerprint density at radius 3 is 2.23 bits per heavy atom. The van der Waals surface area contributed by atoms with E-state index in [0.717, 1.165) is 18.1 Å². The minimum Gasteiger partial charge on any atom is -0.331 e. The fourth-order valence-corrected chi connectivity index (χ4v) is 2.79. The van der Waals surface area contributed by atoms with E-state index >= 15 is 0 Å². The molecule has 1 heterocycles. The van der Waals surface area contributed by atoms with Crippen LogP contribution >= 0.6 is 0 Å². The Morgan fingerprint density at radius 1 is 1.04 bits per heavy atom. The second-order valence-corrected chi connectivity index (χ2v) is 7.58. The molecule has 0 bridgehead atoms. The zero-order valence-electron chi connectivity index (χ0n) is 15.8. The number of anilines is 1. The predicted octanol–water partition coefficient (Wildman–Crippen LogP) is 4.79. The maximum absolute atomic E-state index is 12.4. The maximum atomic E-state index is 12.4. The standard InChI is InChI=1S/C22H25N3O/c1-16-23-13-14-25(16)15-17-5-11-20(12-6-17)24-21(26)18-7-9-19(10-8-18)22(2,3)4/h5-14H,15H2,1-4H3,(H,24,26). The van der Waals surface area contributed by atoms with Crippen LogP contribution in [0, 0.1) is 6.92 Å². The van der Waals surface area contributed by atoms with Crippen molar-refractivity contribution in [3.8, 4) is 0 Å². The summed E-state index contributed by atoms with van der Waals surface area (Å²) < 4.78 is 2.09. The highest BCUT2D eigenvalue weighted by Gasteiger charge is 2.14. The molecule has 0 aliphatic carbocycles. The van der Waals surface area contributed by atoms with Gasteiger partial charge in [-0.3, -0.25) is 4.79 Å². The first-order valence-corrected chi connectivity index (χ1v) is 8.81. The van der Waals surface area contributed by atoms with Crippen LogP contribution in [0.15, 0.2) is 60.9 Å². The quantitative estimate of drug-likeness (QED) is 0.737. The number of imidazole rings is 1. The molecule has 0 spiro atoms. The summed E-state index contributed by atoms with van der Waals surface area (Å²) in [4.78, 5) is 16.7. The van der Waals surface area contributed by atoms with E-state index in [0.29, 0.717) is 5.56 Å². The summed E-state index contributed by atoms with van der Waals surface area (Å²) in [5.74, 6) is 0.893. The van der Waals surface area contributed by atoms with Gasteiger partial charge in [0, 0.05) is 30.2 Å². The first-order chi connectivity index (χ1) is 12.3. The second kappa shape index (κ2) is 7.16. The molecule has 4 nitrogen and oxygen atoms in total. The fraction of sp³-hybridized carbons (Fsp3) is 0.273. The number of carbonyl (C=O) groups is 1. The summed E-state index contributed by atoms with van der Waals surface area (Å²) in [5, 5.41) is 2.96. The van der Waals surface area contributed by atoms with Gasteiger partial charge < -0.3 is 9.88 Å². The molecular formula is C22H25N3O. The summed E-state index contributed by atoms with van der Waals surface area (Å²) in [7, 11) is 0. The first-order valence-electron chi connectivity index (χ1n) is 8.81. The number of nitrogens with zero attached hydrogens (tertiary/aromatic N) is 2. The molecular weight excluding hydrogens is 322 g/mol. The summed E-state index contributed by atoms with van der Waals surface area (Å²) in [5.41, 5.74) is 3.92. The van der Waals surface area contributed by atoms with Crippen LogP contribution in [0.2, 0.25) is 0 Å². The monoisotopic (exact) mass is 347 g/mol. The van der Waals surface area contributed by atoms with Crippen LogP contribution in [0.25, 0.3) is 0 Å². The van der Waals surface area contributed by atoms with Crippen LogP contribution in [0.5, 0.6) is 0 Å². The van der Waals surface area contributed by atoms with Crippen molar-refractivity contribution in [3.63, 3.8) is 0 Å². The maximum Gasteiger partial charge on any atom is 0.255 e. The van der Waals surface area contributed by atoms with Crippen LogP contribution in [0.4, 0.5) is 5.69 Å². The molecule has 3 rings (SSSR count). The zero-order chi connectivity index (χ0) is 18.7. The summed E-state index contributed by atoms with van der Waals surface area (Å²) in [6, 6.07) is 15.7. The van der Waals surface area contributed by atoms with Gasteiger partial charge in [0.25, 0.3) is 5.91 Å². The van der Waals surface area contributed by atoms with Crippen molar-refractivity contribution in [2.75, 3.05) is 5.32 Å². The number of carbonyl (C=O) groups excluding carboxylic acids is 1. The molecule has 0 saturated heterocycles. The van der Waals surface area contributed by atoms with Crippen LogP contribution < -0.4 is 5.32 Å². The van der Waals surface area contributed by atoms with E-state index in [-0.39, 0.29) is 11.3 Å². The topological polar surface area (TPSA) is 46.9 Å². The average molecular weight is 347 g/mol. The number of rotatable bonds is 4. The largest absolute Gasteiger partial charge is 0.331 e. The van der Waals surface area contributed by atoms with Crippen molar-refractivity contribution in [1.29, 1.82) is 0 Å². The second-order valence-electron chi connectivity index (χ2n) is 7.58. The lowest BCUT2D eigenvalue weighted by Gasteiger charge is -2.19. The van der Waals surface area contributed by atoms with Crippen LogP contribution in [-0.2, 0) is 12.0 Å². The molecule has 0 aliphatic rings. The lowest BCUT2D eigenvalue weighted by Crippen LogP contribution is -2.14. The number of hydrogen-bond acceptors (Lipinski definition) is 2. The lowest BCUT2D eigenvalue weighted by atomic mass is 9.87. The third-order valence-electron chi connectivity index (χ3n) is 4.50. The first kappa shape index (κ1) is 17.9. The number of nitrogens with one attached hydrogen (secondary N) is 1. The van der Waals surface area contributed by atoms with Crippen molar-refractivity contribution < 1.29 is 4.79 Å². The minimum absolute atomic E-state index is 0.0818. The Hall–Kier alpha value is -2.88. The molecule has 0 unspecified atom stereocenters. The van der Waals surface area contributed by atoms with Crippen LogP contribution in [0.3, 0.4) is 0 Å². The Labute approximate surface area is 154 Å². The number of amides is 1. The SMILES string of the molecule is Cc1nccn1Cc1ccc(NC(=O)c2ccc(C(C)(C)C)cc2)cc1. The number of aryl methyl sites for hydroxylation is 1. The molecule has 0 saturated carbocycles. The smallest absolute Gasteiger partial charge is 0.255 e. The van der Waals surface area contributed by atoms with Crippen LogP contribution in [-0.4, -0.2) is 15.5 Å². The number of aromatic nitrogens is 2. The molecule has 3 aromatic rings. The van der Waals surface area contributed by atoms with E-state index in [1.54, 1.807) is 6.20 Å². The molecule has 2 aromatic carbocycles. The van der Waals surface area contributed by atoms with Gasteiger partial charge in [-0.15, -0.1) is 0 Å². The minimum atomic E-state index is -0.0938. The highest BCUT2D eigenvalue weighted by molar-refractivity contribution is 6.04. The van der Waals surface area contributed by atoms with Gasteiger partial charge in [0.15, 0.2) is 0 Å². The van der Waals surface area contributed by atoms with Gasteiger partial charge in [-0.2, -0.15) is 0 Å². The zero-order valence-corrected chi connectivity index (χ0v) is 15.8. The lowest BCUT2D eigenvalue weighted by molar-refractivity contribution is 0.102. The highest BCUT2D eigenvalue weighted by atomic mass is 16.1. The Balaban J connectivity index is 1.65. The Bertz CT molecular complexity index is 884. The van der Waals surface area contributed by atoms with Gasteiger partial charge in [0.1, 0.15) is 5.82 Å². The average Bonchev–Trinajstić information content (AvgIpc) is 3.01. The van der Waals surface area contributed by atoms with Crippen LogP contribution in [0.1, 0.15) is 48.1 Å². The molecule has 0 radical (unpaired) electrons. The fourth-order valence-electron chi connectivity index (χ4n) is 2.79. The highest BCUT2D eigenvalue weighted by Crippen LogP contribution is 2.22. The molecule has 1 N–H and O–H groups in total. The summed E-state index contributed by atoms with van der Waals surface area (Å²) in [6.45, 7) is 9.24. The predicted molar refractivity (Wildman–Crippen MR) is 106 cm³/mol. The van der Waals surface area contributed by atoms with E-state index in [1.807, 2.05) is 61.7 Å². The van der Waals surface area contributed by atoms with Crippen molar-refractivity contribution in [2.45, 2.75) is 39.7 Å². The van der Waals surface area contributed by atoms with Crippen molar-refractivity contribution in [3.05, 3.63) is 83.4 Å². The molecule has 1 amide bonds. The number of benzene rings is 2. The molecule has 4 heteroatoms. The summed E-state index contributed by atoms with van der Waals surface area (Å²) in [6.07, 6.45) is 3.77. The van der Waals surface area contributed by atoms with E-state index in [4.69, 9.17) is 0 Å². The van der Waals surface area contributed by atoms with E-state index < -0.39 is 0 Å². The van der Waals surface area contributed by atoms with Gasteiger partial charge in [-0.1, -0.05) is 45.0 Å². The van der Waals surface area contributed by atoms with Gasteiger partial charge in [-0.25, -0.2) is 4.98 Å². The Morgan fingerprint density at radius 2 is 1.69 bits per heavy atom. The van der Waals surface area contributed by atoms with Gasteiger partial charge in [-0.05, 0) is 47.7 Å². The van der Waals surface area contributed by atoms with Gasteiger partial charge >= 0.3 is 0 Å². The normalized spacial score (nSPS) is 11.4. The van der Waals surface area contributed by atoms with Gasteiger partial charge in [0.05, 0.1) is 0 Å². The van der Waals surface area contributed by atoms with Crippen molar-refractivity contribution in [2.24, 2.45) is 0 Å². The molecule has 134 valence electrons. The third-order valence-corrected chi connectivity index (χ3v) is 4.50. The number of hydrogen-bond donors (Lipinski definition) is 1.